The number of pyridine rings is 1. The van der Waals surface area contributed by atoms with Gasteiger partial charge in [-0.1, -0.05) is 24.3 Å². The van der Waals surface area contributed by atoms with Gasteiger partial charge < -0.3 is 5.32 Å². The number of benzene rings is 1. The smallest absolute Gasteiger partial charge is 0.160 e. The second-order valence-electron chi connectivity index (χ2n) is 4.91. The summed E-state index contributed by atoms with van der Waals surface area (Å²) in [5, 5.41) is 12.0. The summed E-state index contributed by atoms with van der Waals surface area (Å²) in [6.45, 7) is 0.973. The molecule has 1 aliphatic rings. The quantitative estimate of drug-likeness (QED) is 0.759. The number of fused-ring (bicyclic) bond motifs is 2. The van der Waals surface area contributed by atoms with Crippen molar-refractivity contribution < 1.29 is 0 Å². The lowest BCUT2D eigenvalue weighted by Crippen LogP contribution is -2.08. The first kappa shape index (κ1) is 10.6. The van der Waals surface area contributed by atoms with E-state index in [1.165, 1.54) is 11.3 Å². The molecule has 19 heavy (non-hydrogen) atoms. The van der Waals surface area contributed by atoms with Gasteiger partial charge in [0, 0.05) is 30.8 Å². The fourth-order valence-corrected chi connectivity index (χ4v) is 2.79. The minimum Gasteiger partial charge on any atom is -0.384 e. The van der Waals surface area contributed by atoms with Gasteiger partial charge in [0.15, 0.2) is 5.65 Å². The van der Waals surface area contributed by atoms with E-state index in [1.54, 1.807) is 0 Å². The van der Waals surface area contributed by atoms with Crippen LogP contribution in [0.1, 0.15) is 17.3 Å². The van der Waals surface area contributed by atoms with E-state index >= 15 is 0 Å². The van der Waals surface area contributed by atoms with E-state index in [2.05, 4.69) is 44.2 Å². The van der Waals surface area contributed by atoms with Gasteiger partial charge in [-0.3, -0.25) is 4.40 Å². The van der Waals surface area contributed by atoms with Crippen LogP contribution < -0.4 is 5.32 Å². The molecule has 1 aliphatic heterocycles. The van der Waals surface area contributed by atoms with Gasteiger partial charge in [-0.15, -0.1) is 10.2 Å². The normalized spacial score (nSPS) is 17.4. The zero-order valence-corrected chi connectivity index (χ0v) is 10.5. The third-order valence-electron chi connectivity index (χ3n) is 3.75. The number of rotatable bonds is 2. The molecule has 3 heterocycles. The molecule has 0 aliphatic carbocycles. The highest BCUT2D eigenvalue weighted by molar-refractivity contribution is 5.57. The van der Waals surface area contributed by atoms with E-state index in [9.17, 15) is 0 Å². The molecule has 2 aromatic heterocycles. The third kappa shape index (κ3) is 1.68. The topological polar surface area (TPSA) is 42.2 Å². The highest BCUT2D eigenvalue weighted by Gasteiger charge is 2.23. The van der Waals surface area contributed by atoms with Crippen LogP contribution in [0.25, 0.3) is 5.65 Å². The summed E-state index contributed by atoms with van der Waals surface area (Å²) in [4.78, 5) is 0. The molecule has 0 radical (unpaired) electrons. The van der Waals surface area contributed by atoms with Crippen molar-refractivity contribution >= 4 is 11.3 Å². The highest BCUT2D eigenvalue weighted by Crippen LogP contribution is 2.32. The van der Waals surface area contributed by atoms with Crippen molar-refractivity contribution in [1.82, 2.24) is 14.6 Å². The van der Waals surface area contributed by atoms with Crippen molar-refractivity contribution in [2.45, 2.75) is 12.3 Å². The Bertz CT molecular complexity index is 732. The van der Waals surface area contributed by atoms with Crippen LogP contribution >= 0.6 is 0 Å². The molecule has 0 saturated heterocycles. The summed E-state index contributed by atoms with van der Waals surface area (Å²) in [7, 11) is 0. The lowest BCUT2D eigenvalue weighted by atomic mass is 9.98. The standard InChI is InChI=1S/C15H14N4/c1-2-6-13-12(5-1)11(10-16-13)9-15-18-17-14-7-3-4-8-19(14)15/h1-8,11,16H,9-10H2. The first-order valence-electron chi connectivity index (χ1n) is 6.53. The van der Waals surface area contributed by atoms with E-state index in [1.807, 2.05) is 24.4 Å². The number of nitrogens with zero attached hydrogens (tertiary/aromatic N) is 3. The van der Waals surface area contributed by atoms with Crippen LogP contribution in [0, 0.1) is 0 Å². The molecule has 1 N–H and O–H groups in total. The highest BCUT2D eigenvalue weighted by atomic mass is 15.2. The number of anilines is 1. The summed E-state index contributed by atoms with van der Waals surface area (Å²) in [6.07, 6.45) is 2.94. The molecule has 94 valence electrons. The molecule has 1 atom stereocenters. The van der Waals surface area contributed by atoms with Gasteiger partial charge in [0.1, 0.15) is 5.82 Å². The largest absolute Gasteiger partial charge is 0.384 e. The van der Waals surface area contributed by atoms with Gasteiger partial charge in [0.25, 0.3) is 0 Å². The lowest BCUT2D eigenvalue weighted by Gasteiger charge is -2.08. The molecular weight excluding hydrogens is 236 g/mol. The van der Waals surface area contributed by atoms with Crippen LogP contribution in [-0.4, -0.2) is 21.1 Å². The van der Waals surface area contributed by atoms with Crippen molar-refractivity contribution in [3.63, 3.8) is 0 Å². The summed E-state index contributed by atoms with van der Waals surface area (Å²) in [6, 6.07) is 14.5. The molecule has 4 nitrogen and oxygen atoms in total. The number of para-hydroxylation sites is 1. The Labute approximate surface area is 111 Å². The number of aromatic nitrogens is 3. The molecule has 0 spiro atoms. The van der Waals surface area contributed by atoms with Crippen molar-refractivity contribution in [1.29, 1.82) is 0 Å². The third-order valence-corrected chi connectivity index (χ3v) is 3.75. The van der Waals surface area contributed by atoms with Gasteiger partial charge in [-0.25, -0.2) is 0 Å². The van der Waals surface area contributed by atoms with E-state index in [-0.39, 0.29) is 0 Å². The molecule has 4 rings (SSSR count). The molecule has 0 amide bonds. The minimum absolute atomic E-state index is 0.476. The van der Waals surface area contributed by atoms with Gasteiger partial charge in [0.05, 0.1) is 0 Å². The van der Waals surface area contributed by atoms with Gasteiger partial charge in [-0.05, 0) is 23.8 Å². The minimum atomic E-state index is 0.476. The maximum Gasteiger partial charge on any atom is 0.160 e. The Morgan fingerprint density at radius 3 is 3.00 bits per heavy atom. The molecule has 1 unspecified atom stereocenters. The second-order valence-corrected chi connectivity index (χ2v) is 4.91. The molecule has 4 heteroatoms. The predicted octanol–water partition coefficient (Wildman–Crippen LogP) is 2.48. The summed E-state index contributed by atoms with van der Waals surface area (Å²) < 4.78 is 2.07. The Balaban J connectivity index is 1.70. The maximum atomic E-state index is 4.32. The van der Waals surface area contributed by atoms with Crippen LogP contribution in [-0.2, 0) is 6.42 Å². The maximum absolute atomic E-state index is 4.32. The zero-order valence-electron chi connectivity index (χ0n) is 10.5. The van der Waals surface area contributed by atoms with E-state index in [4.69, 9.17) is 0 Å². The van der Waals surface area contributed by atoms with E-state index in [0.29, 0.717) is 5.92 Å². The average molecular weight is 250 g/mol. The number of hydrogen-bond acceptors (Lipinski definition) is 3. The van der Waals surface area contributed by atoms with Crippen LogP contribution in [0.15, 0.2) is 48.7 Å². The van der Waals surface area contributed by atoms with E-state index in [0.717, 1.165) is 24.4 Å². The Kier molecular flexibility index (Phi) is 2.27. The summed E-state index contributed by atoms with van der Waals surface area (Å²) in [5.41, 5.74) is 3.55. The van der Waals surface area contributed by atoms with Crippen molar-refractivity contribution in [2.75, 3.05) is 11.9 Å². The monoisotopic (exact) mass is 250 g/mol. The Morgan fingerprint density at radius 2 is 2.00 bits per heavy atom. The first-order chi connectivity index (χ1) is 9.42. The van der Waals surface area contributed by atoms with Gasteiger partial charge in [-0.2, -0.15) is 0 Å². The fraction of sp³-hybridized carbons (Fsp3) is 0.200. The van der Waals surface area contributed by atoms with Crippen molar-refractivity contribution in [3.8, 4) is 0 Å². The van der Waals surface area contributed by atoms with Crippen molar-refractivity contribution in [2.24, 2.45) is 0 Å². The van der Waals surface area contributed by atoms with Crippen LogP contribution in [0.5, 0.6) is 0 Å². The second kappa shape index (κ2) is 4.09. The van der Waals surface area contributed by atoms with Crippen molar-refractivity contribution in [3.05, 3.63) is 60.0 Å². The van der Waals surface area contributed by atoms with Crippen LogP contribution in [0.3, 0.4) is 0 Å². The first-order valence-corrected chi connectivity index (χ1v) is 6.53. The van der Waals surface area contributed by atoms with Crippen LogP contribution in [0.2, 0.25) is 0 Å². The lowest BCUT2D eigenvalue weighted by molar-refractivity contribution is 0.705. The Hall–Kier alpha value is -2.36. The predicted molar refractivity (Wildman–Crippen MR) is 74.4 cm³/mol. The molecule has 0 bridgehead atoms. The molecule has 0 fully saturated rings. The van der Waals surface area contributed by atoms with Gasteiger partial charge in [0.2, 0.25) is 0 Å². The van der Waals surface area contributed by atoms with Crippen LogP contribution in [0.4, 0.5) is 5.69 Å². The fourth-order valence-electron chi connectivity index (χ4n) is 2.79. The summed E-state index contributed by atoms with van der Waals surface area (Å²) in [5.74, 6) is 1.50. The average Bonchev–Trinajstić information content (AvgIpc) is 3.05. The Morgan fingerprint density at radius 1 is 1.11 bits per heavy atom. The molecule has 0 saturated carbocycles. The zero-order chi connectivity index (χ0) is 12.7. The summed E-state index contributed by atoms with van der Waals surface area (Å²) >= 11 is 0. The molecular formula is C15H14N4. The molecule has 1 aromatic carbocycles. The number of nitrogens with one attached hydrogen (secondary N) is 1. The number of hydrogen-bond donors (Lipinski definition) is 1. The van der Waals surface area contributed by atoms with Gasteiger partial charge >= 0.3 is 0 Å². The molecule has 3 aromatic rings. The SMILES string of the molecule is c1ccc2c(c1)NCC2Cc1nnc2ccccn12. The van der Waals surface area contributed by atoms with E-state index < -0.39 is 0 Å².